The maximum Gasteiger partial charge on any atom is 0.416 e. The van der Waals surface area contributed by atoms with Gasteiger partial charge in [0.25, 0.3) is 0 Å². The van der Waals surface area contributed by atoms with Crippen molar-refractivity contribution in [3.63, 3.8) is 0 Å². The number of hydrogen-bond acceptors (Lipinski definition) is 4. The molecule has 2 heterocycles. The van der Waals surface area contributed by atoms with Crippen LogP contribution in [0.3, 0.4) is 0 Å². The summed E-state index contributed by atoms with van der Waals surface area (Å²) in [6.07, 6.45) is -0.205. The van der Waals surface area contributed by atoms with Gasteiger partial charge in [0.05, 0.1) is 17.9 Å². The predicted molar refractivity (Wildman–Crippen MR) is 66.5 cm³/mol. The van der Waals surface area contributed by atoms with E-state index in [-0.39, 0.29) is 5.56 Å². The molecule has 0 spiro atoms. The molecule has 0 aliphatic heterocycles. The fourth-order valence-corrected chi connectivity index (χ4v) is 2.14. The average Bonchev–Trinajstić information content (AvgIpc) is 2.87. The maximum absolute atomic E-state index is 13.0. The monoisotopic (exact) mass is 285 g/mol. The lowest BCUT2D eigenvalue weighted by Crippen LogP contribution is -2.31. The molecule has 2 rings (SSSR count). The van der Waals surface area contributed by atoms with E-state index in [1.807, 2.05) is 6.92 Å². The molecule has 7 heteroatoms. The summed E-state index contributed by atoms with van der Waals surface area (Å²) in [4.78, 5) is 3.77. The quantitative estimate of drug-likeness (QED) is 0.669. The topological polar surface area (TPSA) is 64.1 Å². The van der Waals surface area contributed by atoms with E-state index in [9.17, 15) is 13.2 Å². The van der Waals surface area contributed by atoms with E-state index in [2.05, 4.69) is 10.4 Å². The molecule has 0 aliphatic carbocycles. The van der Waals surface area contributed by atoms with Crippen LogP contribution in [0, 0.1) is 0 Å². The van der Waals surface area contributed by atoms with Crippen LogP contribution in [-0.2, 0) is 12.6 Å². The Morgan fingerprint density at radius 1 is 1.35 bits per heavy atom. The van der Waals surface area contributed by atoms with Crippen molar-refractivity contribution in [2.24, 2.45) is 5.84 Å². The fraction of sp³-hybridized carbons (Fsp3) is 0.308. The Hall–Kier alpha value is -1.86. The van der Waals surface area contributed by atoms with E-state index < -0.39 is 17.8 Å². The van der Waals surface area contributed by atoms with E-state index in [0.717, 1.165) is 12.3 Å². The van der Waals surface area contributed by atoms with Crippen LogP contribution in [0.15, 0.2) is 35.2 Å². The highest BCUT2D eigenvalue weighted by Gasteiger charge is 2.36. The first kappa shape index (κ1) is 14.5. The van der Waals surface area contributed by atoms with Crippen molar-refractivity contribution >= 4 is 0 Å². The van der Waals surface area contributed by atoms with Crippen LogP contribution < -0.4 is 11.3 Å². The van der Waals surface area contributed by atoms with Gasteiger partial charge in [-0.05, 0) is 12.1 Å². The summed E-state index contributed by atoms with van der Waals surface area (Å²) < 4.78 is 44.4. The van der Waals surface area contributed by atoms with Crippen LogP contribution >= 0.6 is 0 Å². The van der Waals surface area contributed by atoms with Gasteiger partial charge in [-0.1, -0.05) is 6.92 Å². The lowest BCUT2D eigenvalue weighted by atomic mass is 9.96. The second kappa shape index (κ2) is 5.64. The summed E-state index contributed by atoms with van der Waals surface area (Å²) in [6, 6.07) is 1.72. The number of furan rings is 1. The van der Waals surface area contributed by atoms with Crippen molar-refractivity contribution in [2.75, 3.05) is 0 Å². The van der Waals surface area contributed by atoms with Gasteiger partial charge in [0.2, 0.25) is 0 Å². The van der Waals surface area contributed by atoms with E-state index in [1.54, 1.807) is 6.07 Å². The molecule has 3 N–H and O–H groups in total. The molecule has 0 saturated carbocycles. The molecule has 0 radical (unpaired) electrons. The summed E-state index contributed by atoms with van der Waals surface area (Å²) >= 11 is 0. The Kier molecular flexibility index (Phi) is 4.10. The molecule has 0 saturated heterocycles. The molecule has 0 fully saturated rings. The molecule has 0 aliphatic rings. The van der Waals surface area contributed by atoms with E-state index in [1.165, 1.54) is 12.5 Å². The third-order valence-electron chi connectivity index (χ3n) is 3.05. The van der Waals surface area contributed by atoms with Gasteiger partial charge in [-0.25, -0.2) is 5.43 Å². The molecule has 0 aromatic carbocycles. The van der Waals surface area contributed by atoms with E-state index in [4.69, 9.17) is 10.3 Å². The zero-order chi connectivity index (χ0) is 14.8. The van der Waals surface area contributed by atoms with Crippen molar-refractivity contribution in [1.82, 2.24) is 10.4 Å². The number of alkyl halides is 3. The number of hydrogen-bond donors (Lipinski definition) is 2. The molecular formula is C13H14F3N3O. The summed E-state index contributed by atoms with van der Waals surface area (Å²) in [5.74, 6) is 6.03. The number of halogens is 3. The normalized spacial score (nSPS) is 13.4. The molecule has 1 atom stereocenters. The molecule has 0 amide bonds. The van der Waals surface area contributed by atoms with Crippen LogP contribution in [0.5, 0.6) is 0 Å². The highest BCUT2D eigenvalue weighted by molar-refractivity contribution is 5.38. The molecule has 0 bridgehead atoms. The van der Waals surface area contributed by atoms with Crippen LogP contribution in [0.2, 0.25) is 0 Å². The standard InChI is InChI=1S/C13H14F3N3O/c1-2-11-8(4-6-20-11)12(19-17)9-7-18-5-3-10(9)13(14,15)16/h3-7,12,19H,2,17H2,1H3. The Morgan fingerprint density at radius 2 is 2.10 bits per heavy atom. The number of aromatic nitrogens is 1. The summed E-state index contributed by atoms with van der Waals surface area (Å²) in [7, 11) is 0. The van der Waals surface area contributed by atoms with Crippen LogP contribution in [0.1, 0.15) is 35.4 Å². The Balaban J connectivity index is 2.53. The maximum atomic E-state index is 13.0. The van der Waals surface area contributed by atoms with Crippen molar-refractivity contribution in [2.45, 2.75) is 25.6 Å². The third kappa shape index (κ3) is 2.68. The van der Waals surface area contributed by atoms with Gasteiger partial charge in [-0.2, -0.15) is 13.2 Å². The predicted octanol–water partition coefficient (Wildman–Crippen LogP) is 2.81. The van der Waals surface area contributed by atoms with Gasteiger partial charge >= 0.3 is 6.18 Å². The minimum atomic E-state index is -4.47. The van der Waals surface area contributed by atoms with Crippen LogP contribution in [0.4, 0.5) is 13.2 Å². The number of aryl methyl sites for hydroxylation is 1. The minimum Gasteiger partial charge on any atom is -0.469 e. The minimum absolute atomic E-state index is 0.0291. The van der Waals surface area contributed by atoms with Gasteiger partial charge in [-0.3, -0.25) is 10.8 Å². The number of nitrogens with one attached hydrogen (secondary N) is 1. The highest BCUT2D eigenvalue weighted by atomic mass is 19.4. The zero-order valence-electron chi connectivity index (χ0n) is 10.7. The van der Waals surface area contributed by atoms with Gasteiger partial charge in [0, 0.05) is 29.9 Å². The van der Waals surface area contributed by atoms with Crippen LogP contribution in [0.25, 0.3) is 0 Å². The number of hydrazine groups is 1. The summed E-state index contributed by atoms with van der Waals surface area (Å²) in [5.41, 5.74) is 2.19. The highest BCUT2D eigenvalue weighted by Crippen LogP contribution is 2.36. The molecule has 108 valence electrons. The smallest absolute Gasteiger partial charge is 0.416 e. The van der Waals surface area contributed by atoms with E-state index >= 15 is 0 Å². The Morgan fingerprint density at radius 3 is 2.70 bits per heavy atom. The van der Waals surface area contributed by atoms with Crippen LogP contribution in [-0.4, -0.2) is 4.98 Å². The lowest BCUT2D eigenvalue weighted by molar-refractivity contribution is -0.138. The molecule has 2 aromatic heterocycles. The first-order chi connectivity index (χ1) is 9.49. The largest absolute Gasteiger partial charge is 0.469 e. The number of nitrogens with two attached hydrogens (primary N) is 1. The van der Waals surface area contributed by atoms with E-state index in [0.29, 0.717) is 17.7 Å². The lowest BCUT2D eigenvalue weighted by Gasteiger charge is -2.20. The molecule has 2 aromatic rings. The molecular weight excluding hydrogens is 271 g/mol. The third-order valence-corrected chi connectivity index (χ3v) is 3.05. The Labute approximate surface area is 113 Å². The average molecular weight is 285 g/mol. The SMILES string of the molecule is CCc1occc1C(NN)c1cnccc1C(F)(F)F. The van der Waals surface area contributed by atoms with Crippen molar-refractivity contribution < 1.29 is 17.6 Å². The second-order valence-corrected chi connectivity index (χ2v) is 4.21. The zero-order valence-corrected chi connectivity index (χ0v) is 10.7. The molecule has 1 unspecified atom stereocenters. The first-order valence-electron chi connectivity index (χ1n) is 6.02. The first-order valence-corrected chi connectivity index (χ1v) is 6.02. The fourth-order valence-electron chi connectivity index (χ4n) is 2.14. The summed E-state index contributed by atoms with van der Waals surface area (Å²) in [5, 5.41) is 0. The van der Waals surface area contributed by atoms with Gasteiger partial charge in [-0.15, -0.1) is 0 Å². The van der Waals surface area contributed by atoms with Gasteiger partial charge in [0.1, 0.15) is 5.76 Å². The molecule has 20 heavy (non-hydrogen) atoms. The Bertz CT molecular complexity index is 580. The second-order valence-electron chi connectivity index (χ2n) is 4.21. The summed E-state index contributed by atoms with van der Waals surface area (Å²) in [6.45, 7) is 1.85. The number of rotatable bonds is 4. The van der Waals surface area contributed by atoms with Crippen molar-refractivity contribution in [3.05, 3.63) is 53.2 Å². The van der Waals surface area contributed by atoms with Gasteiger partial charge < -0.3 is 4.42 Å². The van der Waals surface area contributed by atoms with Crippen molar-refractivity contribution in [1.29, 1.82) is 0 Å². The molecule has 4 nitrogen and oxygen atoms in total. The van der Waals surface area contributed by atoms with Crippen molar-refractivity contribution in [3.8, 4) is 0 Å². The van der Waals surface area contributed by atoms with Gasteiger partial charge in [0.15, 0.2) is 0 Å². The number of nitrogens with zero attached hydrogens (tertiary/aromatic N) is 1. The number of pyridine rings is 1.